The molecule has 1 N–H and O–H groups in total. The molecule has 1 aromatic carbocycles. The Labute approximate surface area is 143 Å². The van der Waals surface area contributed by atoms with Crippen LogP contribution in [0.25, 0.3) is 5.69 Å². The number of hydrogen-bond acceptors (Lipinski definition) is 4. The predicted octanol–water partition coefficient (Wildman–Crippen LogP) is 1.80. The second-order valence-electron chi connectivity index (χ2n) is 7.02. The van der Waals surface area contributed by atoms with E-state index in [9.17, 15) is 8.42 Å². The number of nitrogens with one attached hydrogen (secondary N) is 1. The van der Waals surface area contributed by atoms with Gasteiger partial charge in [-0.3, -0.25) is 0 Å². The minimum atomic E-state index is -3.56. The molecule has 1 aliphatic rings. The zero-order valence-corrected chi connectivity index (χ0v) is 15.2. The van der Waals surface area contributed by atoms with Crippen molar-refractivity contribution in [2.75, 3.05) is 26.7 Å². The van der Waals surface area contributed by atoms with E-state index in [-0.39, 0.29) is 5.41 Å². The van der Waals surface area contributed by atoms with Crippen LogP contribution in [0.2, 0.25) is 0 Å². The van der Waals surface area contributed by atoms with Gasteiger partial charge in [-0.2, -0.15) is 5.10 Å². The van der Waals surface area contributed by atoms with Crippen LogP contribution in [-0.4, -0.2) is 49.8 Å². The van der Waals surface area contributed by atoms with Crippen LogP contribution in [0, 0.1) is 12.3 Å². The number of hydrogen-bond donors (Lipinski definition) is 1. The molecular weight excluding hydrogens is 324 g/mol. The number of sulfonamides is 1. The van der Waals surface area contributed by atoms with Gasteiger partial charge in [-0.1, -0.05) is 13.0 Å². The molecule has 0 radical (unpaired) electrons. The molecule has 6 nitrogen and oxygen atoms in total. The Balaban J connectivity index is 1.83. The summed E-state index contributed by atoms with van der Waals surface area (Å²) in [5, 5.41) is 4.16. The van der Waals surface area contributed by atoms with Gasteiger partial charge in [-0.15, -0.1) is 0 Å². The van der Waals surface area contributed by atoms with Crippen LogP contribution < -0.4 is 4.72 Å². The Morgan fingerprint density at radius 3 is 2.79 bits per heavy atom. The first kappa shape index (κ1) is 17.1. The second kappa shape index (κ2) is 6.31. The van der Waals surface area contributed by atoms with Crippen LogP contribution in [0.3, 0.4) is 0 Å². The average Bonchev–Trinajstić information content (AvgIpc) is 3.16. The van der Waals surface area contributed by atoms with E-state index in [1.807, 2.05) is 25.1 Å². The van der Waals surface area contributed by atoms with Crippen LogP contribution in [-0.2, 0) is 10.0 Å². The molecule has 0 bridgehead atoms. The molecule has 2 heterocycles. The molecule has 0 amide bonds. The fourth-order valence-electron chi connectivity index (χ4n) is 3.20. The molecule has 1 aromatic heterocycles. The van der Waals surface area contributed by atoms with Gasteiger partial charge in [0.1, 0.15) is 0 Å². The average molecular weight is 348 g/mol. The minimum absolute atomic E-state index is 0.0185. The molecular formula is C17H24N4O2S. The first-order valence-corrected chi connectivity index (χ1v) is 9.56. The van der Waals surface area contributed by atoms with E-state index in [1.54, 1.807) is 23.1 Å². The Kier molecular flexibility index (Phi) is 4.50. The standard InChI is InChI=1S/C17H24N4O2S/c1-14-5-6-15(21-9-4-8-18-21)11-16(14)24(22,23)19-12-17(2)7-10-20(3)13-17/h4-6,8-9,11,19H,7,10,12-13H2,1-3H3/t17-/m0/s1. The van der Waals surface area contributed by atoms with Gasteiger partial charge >= 0.3 is 0 Å². The van der Waals surface area contributed by atoms with E-state index in [2.05, 4.69) is 28.7 Å². The summed E-state index contributed by atoms with van der Waals surface area (Å²) in [6.07, 6.45) is 4.46. The molecule has 1 aliphatic heterocycles. The van der Waals surface area contributed by atoms with Gasteiger partial charge in [0.2, 0.25) is 10.0 Å². The topological polar surface area (TPSA) is 67.2 Å². The van der Waals surface area contributed by atoms with Gasteiger partial charge in [-0.25, -0.2) is 17.8 Å². The summed E-state index contributed by atoms with van der Waals surface area (Å²) in [6.45, 7) is 6.30. The van der Waals surface area contributed by atoms with Crippen molar-refractivity contribution in [3.05, 3.63) is 42.2 Å². The van der Waals surface area contributed by atoms with Gasteiger partial charge in [0, 0.05) is 25.5 Å². The monoisotopic (exact) mass is 348 g/mol. The molecule has 130 valence electrons. The highest BCUT2D eigenvalue weighted by atomic mass is 32.2. The largest absolute Gasteiger partial charge is 0.306 e. The molecule has 0 unspecified atom stereocenters. The van der Waals surface area contributed by atoms with Gasteiger partial charge in [0.25, 0.3) is 0 Å². The number of nitrogens with zero attached hydrogens (tertiary/aromatic N) is 3. The Hall–Kier alpha value is -1.70. The van der Waals surface area contributed by atoms with Crippen LogP contribution in [0.4, 0.5) is 0 Å². The van der Waals surface area contributed by atoms with Gasteiger partial charge in [0.05, 0.1) is 10.6 Å². The van der Waals surface area contributed by atoms with Crippen LogP contribution in [0.5, 0.6) is 0 Å². The van der Waals surface area contributed by atoms with Gasteiger partial charge in [0.15, 0.2) is 0 Å². The number of aromatic nitrogens is 2. The molecule has 1 saturated heterocycles. The van der Waals surface area contributed by atoms with Crippen molar-refractivity contribution in [1.82, 2.24) is 19.4 Å². The molecule has 2 aromatic rings. The highest BCUT2D eigenvalue weighted by Crippen LogP contribution is 2.29. The van der Waals surface area contributed by atoms with Crippen molar-refractivity contribution in [2.45, 2.75) is 25.2 Å². The summed E-state index contributed by atoms with van der Waals surface area (Å²) in [4.78, 5) is 2.54. The minimum Gasteiger partial charge on any atom is -0.306 e. The number of aryl methyl sites for hydroxylation is 1. The number of likely N-dealkylation sites (tertiary alicyclic amines) is 1. The third kappa shape index (κ3) is 3.53. The summed E-state index contributed by atoms with van der Waals surface area (Å²) in [7, 11) is -1.49. The SMILES string of the molecule is Cc1ccc(-n2cccn2)cc1S(=O)(=O)NC[C@]1(C)CCN(C)C1. The maximum absolute atomic E-state index is 12.8. The molecule has 0 aliphatic carbocycles. The van der Waals surface area contributed by atoms with E-state index in [4.69, 9.17) is 0 Å². The van der Waals surface area contributed by atoms with Crippen LogP contribution in [0.1, 0.15) is 18.9 Å². The molecule has 3 rings (SSSR count). The number of rotatable bonds is 5. The third-order valence-electron chi connectivity index (χ3n) is 4.67. The Bertz CT molecular complexity index is 817. The van der Waals surface area contributed by atoms with Crippen molar-refractivity contribution in [2.24, 2.45) is 5.41 Å². The molecule has 7 heteroatoms. The highest BCUT2D eigenvalue weighted by molar-refractivity contribution is 7.89. The van der Waals surface area contributed by atoms with Crippen LogP contribution in [0.15, 0.2) is 41.6 Å². The zero-order chi connectivity index (χ0) is 17.4. The highest BCUT2D eigenvalue weighted by Gasteiger charge is 2.33. The van der Waals surface area contributed by atoms with Crippen molar-refractivity contribution in [3.63, 3.8) is 0 Å². The van der Waals surface area contributed by atoms with Crippen molar-refractivity contribution < 1.29 is 8.42 Å². The molecule has 1 atom stereocenters. The summed E-state index contributed by atoms with van der Waals surface area (Å²) in [6, 6.07) is 7.17. The molecule has 0 saturated carbocycles. The predicted molar refractivity (Wildman–Crippen MR) is 93.7 cm³/mol. The van der Waals surface area contributed by atoms with Gasteiger partial charge < -0.3 is 4.90 Å². The van der Waals surface area contributed by atoms with E-state index in [0.717, 1.165) is 30.8 Å². The van der Waals surface area contributed by atoms with Crippen molar-refractivity contribution >= 4 is 10.0 Å². The lowest BCUT2D eigenvalue weighted by Gasteiger charge is -2.24. The van der Waals surface area contributed by atoms with Crippen molar-refractivity contribution in [3.8, 4) is 5.69 Å². The van der Waals surface area contributed by atoms with Crippen molar-refractivity contribution in [1.29, 1.82) is 0 Å². The quantitative estimate of drug-likeness (QED) is 0.895. The molecule has 24 heavy (non-hydrogen) atoms. The lowest BCUT2D eigenvalue weighted by atomic mass is 9.90. The molecule has 0 spiro atoms. The first-order valence-electron chi connectivity index (χ1n) is 8.08. The Morgan fingerprint density at radius 2 is 2.17 bits per heavy atom. The normalized spacial score (nSPS) is 22.1. The summed E-state index contributed by atoms with van der Waals surface area (Å²) in [5.74, 6) is 0. The van der Waals surface area contributed by atoms with E-state index >= 15 is 0 Å². The first-order chi connectivity index (χ1) is 11.3. The fourth-order valence-corrected chi connectivity index (χ4v) is 4.67. The summed E-state index contributed by atoms with van der Waals surface area (Å²) >= 11 is 0. The molecule has 1 fully saturated rings. The lowest BCUT2D eigenvalue weighted by Crippen LogP contribution is -2.37. The van der Waals surface area contributed by atoms with E-state index in [1.165, 1.54) is 0 Å². The van der Waals surface area contributed by atoms with Crippen LogP contribution >= 0.6 is 0 Å². The zero-order valence-electron chi connectivity index (χ0n) is 14.4. The third-order valence-corrected chi connectivity index (χ3v) is 6.21. The van der Waals surface area contributed by atoms with E-state index < -0.39 is 10.0 Å². The Morgan fingerprint density at radius 1 is 1.38 bits per heavy atom. The number of benzene rings is 1. The van der Waals surface area contributed by atoms with E-state index in [0.29, 0.717) is 11.4 Å². The fraction of sp³-hybridized carbons (Fsp3) is 0.471. The lowest BCUT2D eigenvalue weighted by molar-refractivity contribution is 0.310. The van der Waals surface area contributed by atoms with Gasteiger partial charge in [-0.05, 0) is 56.1 Å². The second-order valence-corrected chi connectivity index (χ2v) is 8.76. The maximum Gasteiger partial charge on any atom is 0.240 e. The maximum atomic E-state index is 12.8. The smallest absolute Gasteiger partial charge is 0.240 e. The summed E-state index contributed by atoms with van der Waals surface area (Å²) < 4.78 is 30.1. The summed E-state index contributed by atoms with van der Waals surface area (Å²) in [5.41, 5.74) is 1.44.